The number of rotatable bonds is 5. The van der Waals surface area contributed by atoms with Crippen LogP contribution in [-0.2, 0) is 14.3 Å². The molecule has 0 aromatic carbocycles. The number of methoxy groups -OCH3 is 1. The van der Waals surface area contributed by atoms with Crippen LogP contribution in [0.5, 0.6) is 0 Å². The molecule has 0 spiro atoms. The lowest BCUT2D eigenvalue weighted by molar-refractivity contribution is -0.137. The smallest absolute Gasteiger partial charge is 0.333 e. The Labute approximate surface area is 109 Å². The van der Waals surface area contributed by atoms with E-state index in [1.165, 1.54) is 7.11 Å². The second kappa shape index (κ2) is 5.98. The summed E-state index contributed by atoms with van der Waals surface area (Å²) in [6, 6.07) is 0. The molecule has 0 amide bonds. The quantitative estimate of drug-likeness (QED) is 0.556. The van der Waals surface area contributed by atoms with Gasteiger partial charge in [0, 0.05) is 16.9 Å². The van der Waals surface area contributed by atoms with E-state index in [0.29, 0.717) is 18.4 Å². The van der Waals surface area contributed by atoms with Gasteiger partial charge in [-0.1, -0.05) is 19.1 Å². The van der Waals surface area contributed by atoms with Crippen molar-refractivity contribution in [2.24, 2.45) is 11.3 Å². The standard InChI is InChI=1S/C15H22O3/c1-5-15(3,6-2)13(16)11-7-9-12(10-8-11)14(17)18-4/h5,9,11H,1,6-8,10H2,2-4H3. The predicted octanol–water partition coefficient (Wildman–Crippen LogP) is 3.06. The van der Waals surface area contributed by atoms with Gasteiger partial charge in [0.1, 0.15) is 5.78 Å². The molecule has 0 fully saturated rings. The summed E-state index contributed by atoms with van der Waals surface area (Å²) in [5, 5.41) is 0. The molecule has 0 aromatic heterocycles. The molecule has 100 valence electrons. The zero-order chi connectivity index (χ0) is 13.8. The Bertz CT molecular complexity index is 381. The maximum atomic E-state index is 12.4. The van der Waals surface area contributed by atoms with Crippen molar-refractivity contribution in [3.8, 4) is 0 Å². The minimum absolute atomic E-state index is 0.00126. The van der Waals surface area contributed by atoms with Crippen LogP contribution >= 0.6 is 0 Å². The highest BCUT2D eigenvalue weighted by atomic mass is 16.5. The maximum Gasteiger partial charge on any atom is 0.333 e. The topological polar surface area (TPSA) is 43.4 Å². The molecule has 3 nitrogen and oxygen atoms in total. The molecular formula is C15H22O3. The summed E-state index contributed by atoms with van der Waals surface area (Å²) in [5.74, 6) is -0.0376. The van der Waals surface area contributed by atoms with Gasteiger partial charge in [0.15, 0.2) is 0 Å². The number of hydrogen-bond donors (Lipinski definition) is 0. The molecule has 0 heterocycles. The molecule has 2 unspecified atom stereocenters. The lowest BCUT2D eigenvalue weighted by atomic mass is 9.73. The van der Waals surface area contributed by atoms with E-state index in [0.717, 1.165) is 12.8 Å². The van der Waals surface area contributed by atoms with Gasteiger partial charge in [-0.2, -0.15) is 0 Å². The van der Waals surface area contributed by atoms with Crippen molar-refractivity contribution in [3.63, 3.8) is 0 Å². The molecule has 0 saturated heterocycles. The summed E-state index contributed by atoms with van der Waals surface area (Å²) in [4.78, 5) is 23.8. The van der Waals surface area contributed by atoms with Crippen LogP contribution in [0.15, 0.2) is 24.3 Å². The Morgan fingerprint density at radius 1 is 1.61 bits per heavy atom. The molecule has 1 aliphatic carbocycles. The predicted molar refractivity (Wildman–Crippen MR) is 71.0 cm³/mol. The highest BCUT2D eigenvalue weighted by Crippen LogP contribution is 2.34. The SMILES string of the molecule is C=CC(C)(CC)C(=O)C1CC=C(C(=O)OC)CC1. The van der Waals surface area contributed by atoms with Crippen LogP contribution in [0.3, 0.4) is 0 Å². The van der Waals surface area contributed by atoms with E-state index in [2.05, 4.69) is 11.3 Å². The molecular weight excluding hydrogens is 228 g/mol. The Kier molecular flexibility index (Phi) is 4.88. The third-order valence-corrected chi connectivity index (χ3v) is 3.98. The monoisotopic (exact) mass is 250 g/mol. The number of carbonyl (C=O) groups is 2. The van der Waals surface area contributed by atoms with Crippen LogP contribution in [-0.4, -0.2) is 18.9 Å². The summed E-state index contributed by atoms with van der Waals surface area (Å²) < 4.78 is 4.69. The van der Waals surface area contributed by atoms with Gasteiger partial charge in [0.2, 0.25) is 0 Å². The van der Waals surface area contributed by atoms with Crippen LogP contribution in [0.4, 0.5) is 0 Å². The number of hydrogen-bond acceptors (Lipinski definition) is 3. The average molecular weight is 250 g/mol. The van der Waals surface area contributed by atoms with Crippen molar-refractivity contribution in [1.82, 2.24) is 0 Å². The molecule has 0 N–H and O–H groups in total. The van der Waals surface area contributed by atoms with Gasteiger partial charge in [-0.05, 0) is 32.6 Å². The van der Waals surface area contributed by atoms with Crippen molar-refractivity contribution >= 4 is 11.8 Å². The first-order chi connectivity index (χ1) is 8.48. The molecule has 2 atom stereocenters. The van der Waals surface area contributed by atoms with Crippen molar-refractivity contribution in [3.05, 3.63) is 24.3 Å². The van der Waals surface area contributed by atoms with E-state index in [9.17, 15) is 9.59 Å². The number of Topliss-reactive ketones (excluding diaryl/α,β-unsaturated/α-hetero) is 1. The van der Waals surface area contributed by atoms with E-state index in [1.54, 1.807) is 6.08 Å². The Hall–Kier alpha value is -1.38. The molecule has 1 aliphatic rings. The molecule has 0 saturated carbocycles. The first-order valence-corrected chi connectivity index (χ1v) is 6.43. The number of carbonyl (C=O) groups excluding carboxylic acids is 2. The van der Waals surface area contributed by atoms with E-state index in [1.807, 2.05) is 19.9 Å². The Balaban J connectivity index is 2.74. The first-order valence-electron chi connectivity index (χ1n) is 6.43. The summed E-state index contributed by atoms with van der Waals surface area (Å²) in [6.07, 6.45) is 6.33. The maximum absolute atomic E-state index is 12.4. The second-order valence-corrected chi connectivity index (χ2v) is 5.03. The lowest BCUT2D eigenvalue weighted by Crippen LogP contribution is -2.32. The lowest BCUT2D eigenvalue weighted by Gasteiger charge is -2.29. The van der Waals surface area contributed by atoms with Crippen LogP contribution in [0.2, 0.25) is 0 Å². The molecule has 18 heavy (non-hydrogen) atoms. The highest BCUT2D eigenvalue weighted by Gasteiger charge is 2.34. The van der Waals surface area contributed by atoms with Crippen molar-refractivity contribution in [2.75, 3.05) is 7.11 Å². The average Bonchev–Trinajstić information content (AvgIpc) is 2.44. The fourth-order valence-corrected chi connectivity index (χ4v) is 2.27. The molecule has 3 heteroatoms. The third kappa shape index (κ3) is 2.89. The minimum atomic E-state index is -0.443. The normalized spacial score (nSPS) is 22.6. The number of allylic oxidation sites excluding steroid dienone is 2. The minimum Gasteiger partial charge on any atom is -0.466 e. The Morgan fingerprint density at radius 3 is 2.67 bits per heavy atom. The summed E-state index contributed by atoms with van der Waals surface area (Å²) in [6.45, 7) is 7.70. The molecule has 0 aromatic rings. The summed E-state index contributed by atoms with van der Waals surface area (Å²) in [7, 11) is 1.38. The second-order valence-electron chi connectivity index (χ2n) is 5.03. The molecule has 1 rings (SSSR count). The van der Waals surface area contributed by atoms with E-state index in [4.69, 9.17) is 0 Å². The van der Waals surface area contributed by atoms with Gasteiger partial charge in [-0.15, -0.1) is 6.58 Å². The molecule has 0 aliphatic heterocycles. The zero-order valence-electron chi connectivity index (χ0n) is 11.5. The van der Waals surface area contributed by atoms with Crippen LogP contribution in [0.25, 0.3) is 0 Å². The summed E-state index contributed by atoms with van der Waals surface area (Å²) >= 11 is 0. The molecule has 0 radical (unpaired) electrons. The van der Waals surface area contributed by atoms with E-state index >= 15 is 0 Å². The fourth-order valence-electron chi connectivity index (χ4n) is 2.27. The first kappa shape index (κ1) is 14.7. The van der Waals surface area contributed by atoms with Crippen LogP contribution in [0.1, 0.15) is 39.5 Å². The number of esters is 1. The Morgan fingerprint density at radius 2 is 2.28 bits per heavy atom. The van der Waals surface area contributed by atoms with E-state index in [-0.39, 0.29) is 17.7 Å². The van der Waals surface area contributed by atoms with Gasteiger partial charge in [-0.3, -0.25) is 4.79 Å². The van der Waals surface area contributed by atoms with Gasteiger partial charge in [0.25, 0.3) is 0 Å². The van der Waals surface area contributed by atoms with Gasteiger partial charge in [0.05, 0.1) is 7.11 Å². The number of ketones is 1. The fraction of sp³-hybridized carbons (Fsp3) is 0.600. The molecule has 0 bridgehead atoms. The number of ether oxygens (including phenoxy) is 1. The van der Waals surface area contributed by atoms with Crippen LogP contribution in [0, 0.1) is 11.3 Å². The van der Waals surface area contributed by atoms with Crippen molar-refractivity contribution in [2.45, 2.75) is 39.5 Å². The van der Waals surface area contributed by atoms with Gasteiger partial charge >= 0.3 is 5.97 Å². The van der Waals surface area contributed by atoms with Crippen molar-refractivity contribution < 1.29 is 14.3 Å². The van der Waals surface area contributed by atoms with Gasteiger partial charge in [-0.25, -0.2) is 4.79 Å². The van der Waals surface area contributed by atoms with Crippen molar-refractivity contribution in [1.29, 1.82) is 0 Å². The largest absolute Gasteiger partial charge is 0.466 e. The highest BCUT2D eigenvalue weighted by molar-refractivity contribution is 5.91. The third-order valence-electron chi connectivity index (χ3n) is 3.98. The zero-order valence-corrected chi connectivity index (χ0v) is 11.5. The summed E-state index contributed by atoms with van der Waals surface area (Å²) in [5.41, 5.74) is 0.250. The van der Waals surface area contributed by atoms with E-state index < -0.39 is 5.41 Å². The van der Waals surface area contributed by atoms with Gasteiger partial charge < -0.3 is 4.74 Å². The van der Waals surface area contributed by atoms with Crippen LogP contribution < -0.4 is 0 Å².